The van der Waals surface area contributed by atoms with Crippen LogP contribution in [-0.4, -0.2) is 20.1 Å². The highest BCUT2D eigenvalue weighted by Gasteiger charge is 2.30. The minimum absolute atomic E-state index is 0.0956. The summed E-state index contributed by atoms with van der Waals surface area (Å²) in [5, 5.41) is 9.32. The van der Waals surface area contributed by atoms with Gasteiger partial charge in [-0.1, -0.05) is 30.3 Å². The number of anilines is 1. The zero-order valence-corrected chi connectivity index (χ0v) is 15.2. The van der Waals surface area contributed by atoms with Crippen molar-refractivity contribution in [3.8, 4) is 22.6 Å². The van der Waals surface area contributed by atoms with Crippen molar-refractivity contribution in [1.82, 2.24) is 5.32 Å². The highest BCUT2D eigenvalue weighted by molar-refractivity contribution is 7.15. The Labute approximate surface area is 155 Å². The van der Waals surface area contributed by atoms with Gasteiger partial charge in [-0.05, 0) is 17.7 Å². The number of carbonyl (C=O) groups is 1. The van der Waals surface area contributed by atoms with Crippen molar-refractivity contribution in [2.75, 3.05) is 19.5 Å². The van der Waals surface area contributed by atoms with Gasteiger partial charge in [-0.2, -0.15) is 0 Å². The molecule has 3 aromatic rings. The second-order valence-electron chi connectivity index (χ2n) is 5.88. The van der Waals surface area contributed by atoms with Crippen molar-refractivity contribution >= 4 is 22.2 Å². The zero-order chi connectivity index (χ0) is 18.1. The quantitative estimate of drug-likeness (QED) is 0.723. The first-order valence-electron chi connectivity index (χ1n) is 8.17. The predicted octanol–water partition coefficient (Wildman–Crippen LogP) is 4.29. The average Bonchev–Trinajstić information content (AvgIpc) is 3.12. The molecule has 6 heteroatoms. The Kier molecular flexibility index (Phi) is 4.26. The highest BCUT2D eigenvalue weighted by atomic mass is 32.1. The van der Waals surface area contributed by atoms with E-state index in [-0.39, 0.29) is 12.1 Å². The van der Waals surface area contributed by atoms with Crippen LogP contribution in [0.3, 0.4) is 0 Å². The molecule has 0 bridgehead atoms. The number of amides is 1. The number of carbonyl (C=O) groups excluding carboxylic acids is 1. The summed E-state index contributed by atoms with van der Waals surface area (Å²) in [6.07, 6.45) is -0.363. The molecule has 0 unspecified atom stereocenters. The van der Waals surface area contributed by atoms with Gasteiger partial charge < -0.3 is 20.1 Å². The molecule has 0 fully saturated rings. The van der Waals surface area contributed by atoms with Gasteiger partial charge in [-0.25, -0.2) is 0 Å². The third-order valence-electron chi connectivity index (χ3n) is 4.41. The van der Waals surface area contributed by atoms with Crippen LogP contribution in [0.1, 0.15) is 22.1 Å². The topological polar surface area (TPSA) is 59.6 Å². The fourth-order valence-electron chi connectivity index (χ4n) is 3.10. The molecule has 4 rings (SSSR count). The van der Waals surface area contributed by atoms with Crippen molar-refractivity contribution < 1.29 is 14.3 Å². The van der Waals surface area contributed by atoms with Crippen LogP contribution in [0.15, 0.2) is 53.9 Å². The van der Waals surface area contributed by atoms with Gasteiger partial charge in [0.05, 0.1) is 19.8 Å². The molecule has 1 atom stereocenters. The van der Waals surface area contributed by atoms with Crippen LogP contribution >= 0.6 is 11.3 Å². The number of ether oxygens (including phenoxy) is 2. The van der Waals surface area contributed by atoms with Crippen LogP contribution in [-0.2, 0) is 0 Å². The zero-order valence-electron chi connectivity index (χ0n) is 14.4. The molecule has 1 aliphatic heterocycles. The molecule has 2 heterocycles. The molecule has 1 amide bonds. The smallest absolute Gasteiger partial charge is 0.256 e. The van der Waals surface area contributed by atoms with Crippen molar-refractivity contribution in [1.29, 1.82) is 0 Å². The normalized spacial score (nSPS) is 15.6. The van der Waals surface area contributed by atoms with E-state index in [4.69, 9.17) is 9.47 Å². The lowest BCUT2D eigenvalue weighted by atomic mass is 10.0. The monoisotopic (exact) mass is 366 g/mol. The van der Waals surface area contributed by atoms with Crippen molar-refractivity contribution in [3.05, 3.63) is 65.0 Å². The molecule has 0 spiro atoms. The first-order chi connectivity index (χ1) is 12.7. The first-order valence-corrected chi connectivity index (χ1v) is 9.05. The number of hydrogen-bond acceptors (Lipinski definition) is 5. The summed E-state index contributed by atoms with van der Waals surface area (Å²) in [7, 11) is 3.21. The van der Waals surface area contributed by atoms with Gasteiger partial charge in [-0.3, -0.25) is 4.79 Å². The molecular formula is C20H18N2O3S. The van der Waals surface area contributed by atoms with Gasteiger partial charge in [0, 0.05) is 22.6 Å². The van der Waals surface area contributed by atoms with Gasteiger partial charge >= 0.3 is 0 Å². The Morgan fingerprint density at radius 1 is 1.00 bits per heavy atom. The molecule has 0 saturated heterocycles. The number of methoxy groups -OCH3 is 2. The van der Waals surface area contributed by atoms with Crippen LogP contribution < -0.4 is 20.1 Å². The minimum Gasteiger partial charge on any atom is -0.497 e. The molecule has 1 aliphatic rings. The molecule has 0 aliphatic carbocycles. The molecule has 2 aromatic carbocycles. The first kappa shape index (κ1) is 16.5. The second kappa shape index (κ2) is 6.72. The Bertz CT molecular complexity index is 953. The molecular weight excluding hydrogens is 348 g/mol. The number of benzene rings is 2. The van der Waals surface area contributed by atoms with Crippen LogP contribution in [0.5, 0.6) is 11.5 Å². The van der Waals surface area contributed by atoms with Crippen molar-refractivity contribution in [2.45, 2.75) is 6.17 Å². The Morgan fingerprint density at radius 2 is 1.81 bits per heavy atom. The van der Waals surface area contributed by atoms with E-state index in [1.54, 1.807) is 14.2 Å². The Morgan fingerprint density at radius 3 is 2.54 bits per heavy atom. The summed E-state index contributed by atoms with van der Waals surface area (Å²) in [5.74, 6) is 1.27. The summed E-state index contributed by atoms with van der Waals surface area (Å²) in [6, 6.07) is 15.5. The van der Waals surface area contributed by atoms with E-state index >= 15 is 0 Å². The Hall–Kier alpha value is -2.99. The summed E-state index contributed by atoms with van der Waals surface area (Å²) in [6.45, 7) is 0. The summed E-state index contributed by atoms with van der Waals surface area (Å²) in [5.41, 5.74) is 3.50. The maximum absolute atomic E-state index is 12.8. The molecule has 2 N–H and O–H groups in total. The fourth-order valence-corrected chi connectivity index (χ4v) is 4.10. The van der Waals surface area contributed by atoms with Crippen LogP contribution in [0.2, 0.25) is 0 Å². The third-order valence-corrected chi connectivity index (χ3v) is 5.32. The lowest BCUT2D eigenvalue weighted by Crippen LogP contribution is -2.38. The maximum atomic E-state index is 12.8. The lowest BCUT2D eigenvalue weighted by molar-refractivity contribution is 0.0936. The fraction of sp³-hybridized carbons (Fsp3) is 0.150. The predicted molar refractivity (Wildman–Crippen MR) is 103 cm³/mol. The maximum Gasteiger partial charge on any atom is 0.256 e. The van der Waals surface area contributed by atoms with E-state index < -0.39 is 0 Å². The van der Waals surface area contributed by atoms with Gasteiger partial charge in [0.2, 0.25) is 0 Å². The van der Waals surface area contributed by atoms with Crippen LogP contribution in [0.25, 0.3) is 11.1 Å². The van der Waals surface area contributed by atoms with Gasteiger partial charge in [0.1, 0.15) is 22.7 Å². The molecule has 5 nitrogen and oxygen atoms in total. The average molecular weight is 366 g/mol. The van der Waals surface area contributed by atoms with E-state index in [0.29, 0.717) is 17.1 Å². The van der Waals surface area contributed by atoms with Crippen LogP contribution in [0, 0.1) is 0 Å². The summed E-state index contributed by atoms with van der Waals surface area (Å²) >= 11 is 1.53. The molecule has 1 aromatic heterocycles. The number of hydrogen-bond donors (Lipinski definition) is 2. The number of rotatable bonds is 4. The highest BCUT2D eigenvalue weighted by Crippen LogP contribution is 2.41. The van der Waals surface area contributed by atoms with E-state index in [1.807, 2.05) is 53.9 Å². The Balaban J connectivity index is 1.70. The molecule has 26 heavy (non-hydrogen) atoms. The number of nitrogens with one attached hydrogen (secondary N) is 2. The lowest BCUT2D eigenvalue weighted by Gasteiger charge is -2.28. The third kappa shape index (κ3) is 2.78. The van der Waals surface area contributed by atoms with E-state index in [2.05, 4.69) is 10.6 Å². The largest absolute Gasteiger partial charge is 0.497 e. The van der Waals surface area contributed by atoms with E-state index in [9.17, 15) is 4.79 Å². The van der Waals surface area contributed by atoms with Crippen LogP contribution in [0.4, 0.5) is 5.00 Å². The number of fused-ring (bicyclic) bond motifs is 1. The molecule has 0 saturated carbocycles. The molecule has 132 valence electrons. The number of thiophene rings is 1. The van der Waals surface area contributed by atoms with Gasteiger partial charge in [0.15, 0.2) is 0 Å². The van der Waals surface area contributed by atoms with E-state index in [0.717, 1.165) is 21.7 Å². The standard InChI is InChI=1S/C20H18N2O3S/c1-24-13-8-9-14(16(10-13)25-2)18-21-19(23)17-15(11-26-20(17)22-18)12-6-4-3-5-7-12/h3-11,18,22H,1-2H3,(H,21,23)/t18-/m1/s1. The minimum atomic E-state index is -0.363. The van der Waals surface area contributed by atoms with Crippen molar-refractivity contribution in [2.24, 2.45) is 0 Å². The summed E-state index contributed by atoms with van der Waals surface area (Å²) in [4.78, 5) is 12.8. The SMILES string of the molecule is COc1ccc([C@@H]2NC(=O)c3c(-c4ccccc4)csc3N2)c(OC)c1. The second-order valence-corrected chi connectivity index (χ2v) is 6.76. The van der Waals surface area contributed by atoms with Gasteiger partial charge in [-0.15, -0.1) is 11.3 Å². The van der Waals surface area contributed by atoms with Gasteiger partial charge in [0.25, 0.3) is 5.91 Å². The summed E-state index contributed by atoms with van der Waals surface area (Å²) < 4.78 is 10.7. The molecule has 0 radical (unpaired) electrons. The van der Waals surface area contributed by atoms with Crippen molar-refractivity contribution in [3.63, 3.8) is 0 Å². The van der Waals surface area contributed by atoms with E-state index in [1.165, 1.54) is 11.3 Å².